The lowest BCUT2D eigenvalue weighted by molar-refractivity contribution is -0.123. The summed E-state index contributed by atoms with van der Waals surface area (Å²) < 4.78 is 2.12. The number of carbonyl (C=O) groups excluding carboxylic acids is 1. The van der Waals surface area contributed by atoms with Crippen molar-refractivity contribution in [1.29, 1.82) is 0 Å². The molecule has 2 aliphatic rings. The molecule has 0 radical (unpaired) electrons. The maximum absolute atomic E-state index is 13.6. The number of anilines is 1. The van der Waals surface area contributed by atoms with Crippen molar-refractivity contribution in [3.05, 3.63) is 44.7 Å². The van der Waals surface area contributed by atoms with Gasteiger partial charge in [-0.25, -0.2) is 4.98 Å². The molecule has 0 bridgehead atoms. The summed E-state index contributed by atoms with van der Waals surface area (Å²) in [7, 11) is 0. The summed E-state index contributed by atoms with van der Waals surface area (Å²) in [5, 5.41) is 0. The van der Waals surface area contributed by atoms with Gasteiger partial charge in [0.25, 0.3) is 11.5 Å². The number of thioether (sulfide) groups is 1. The Morgan fingerprint density at radius 1 is 1.28 bits per heavy atom. The highest BCUT2D eigenvalue weighted by molar-refractivity contribution is 8.26. The lowest BCUT2D eigenvalue weighted by atomic mass is 9.91. The van der Waals surface area contributed by atoms with Crippen molar-refractivity contribution in [3.8, 4) is 0 Å². The van der Waals surface area contributed by atoms with Crippen molar-refractivity contribution < 1.29 is 4.79 Å². The van der Waals surface area contributed by atoms with Crippen LogP contribution in [0.4, 0.5) is 5.82 Å². The molecule has 32 heavy (non-hydrogen) atoms. The Morgan fingerprint density at radius 3 is 2.62 bits per heavy atom. The summed E-state index contributed by atoms with van der Waals surface area (Å²) >= 11 is 6.76. The summed E-state index contributed by atoms with van der Waals surface area (Å²) in [5.41, 5.74) is 1.90. The molecule has 0 spiro atoms. The molecule has 8 heteroatoms. The molecule has 170 valence electrons. The lowest BCUT2D eigenvalue weighted by Crippen LogP contribution is -2.41. The van der Waals surface area contributed by atoms with E-state index >= 15 is 0 Å². The number of thiocarbonyl (C=S) groups is 1. The second kappa shape index (κ2) is 8.98. The van der Waals surface area contributed by atoms with Gasteiger partial charge >= 0.3 is 0 Å². The fraction of sp³-hybridized carbons (Fsp3) is 0.500. The van der Waals surface area contributed by atoms with Gasteiger partial charge in [-0.1, -0.05) is 50.8 Å². The van der Waals surface area contributed by atoms with Gasteiger partial charge in [-0.3, -0.25) is 18.9 Å². The van der Waals surface area contributed by atoms with Crippen molar-refractivity contribution in [2.24, 2.45) is 11.8 Å². The van der Waals surface area contributed by atoms with E-state index in [1.54, 1.807) is 21.6 Å². The summed E-state index contributed by atoms with van der Waals surface area (Å²) in [4.78, 5) is 36.1. The van der Waals surface area contributed by atoms with Crippen LogP contribution < -0.4 is 10.5 Å². The molecule has 1 amide bonds. The zero-order valence-corrected chi connectivity index (χ0v) is 20.9. The quantitative estimate of drug-likeness (QED) is 0.485. The minimum Gasteiger partial charge on any atom is -0.355 e. The molecular weight excluding hydrogens is 440 g/mol. The molecule has 2 aromatic rings. The number of aryl methyl sites for hydroxylation is 1. The summed E-state index contributed by atoms with van der Waals surface area (Å²) in [6.45, 7) is 12.1. The number of piperidine rings is 1. The van der Waals surface area contributed by atoms with E-state index in [9.17, 15) is 9.59 Å². The number of hydrogen-bond acceptors (Lipinski definition) is 6. The van der Waals surface area contributed by atoms with Crippen LogP contribution in [-0.2, 0) is 4.79 Å². The van der Waals surface area contributed by atoms with E-state index in [2.05, 4.69) is 18.7 Å². The Morgan fingerprint density at radius 2 is 1.97 bits per heavy atom. The Bertz CT molecular complexity index is 1160. The molecule has 0 aliphatic carbocycles. The van der Waals surface area contributed by atoms with Crippen LogP contribution in [0.5, 0.6) is 0 Å². The number of nitrogens with zero attached hydrogens (tertiary/aromatic N) is 4. The normalized spacial score (nSPS) is 24.1. The molecule has 4 rings (SSSR count). The lowest BCUT2D eigenvalue weighted by Gasteiger charge is -2.36. The predicted octanol–water partition coefficient (Wildman–Crippen LogP) is 4.48. The van der Waals surface area contributed by atoms with Crippen LogP contribution in [0.2, 0.25) is 0 Å². The summed E-state index contributed by atoms with van der Waals surface area (Å²) in [6.07, 6.45) is 5.43. The average Bonchev–Trinajstić information content (AvgIpc) is 3.02. The Balaban J connectivity index is 1.89. The standard InChI is InChI=1S/C24H30N4O2S2/c1-6-17(5)28-23(30)19(32-24(28)31)11-18-21(26-12-14(2)10-15(3)13-26)25-20-16(4)8-7-9-27(20)22(18)29/h7-9,11,14-15,17H,6,10,12-13H2,1-5H3/b19-11+/t14-,15-,17+/m1/s1. The first-order chi connectivity index (χ1) is 15.2. The van der Waals surface area contributed by atoms with Crippen LogP contribution in [0.1, 0.15) is 51.7 Å². The fourth-order valence-electron chi connectivity index (χ4n) is 4.68. The van der Waals surface area contributed by atoms with E-state index in [-0.39, 0.29) is 17.5 Å². The van der Waals surface area contributed by atoms with Crippen LogP contribution in [0, 0.1) is 18.8 Å². The largest absolute Gasteiger partial charge is 0.355 e. The topological polar surface area (TPSA) is 57.9 Å². The van der Waals surface area contributed by atoms with E-state index in [0.29, 0.717) is 38.1 Å². The maximum atomic E-state index is 13.6. The van der Waals surface area contributed by atoms with Gasteiger partial charge in [0.2, 0.25) is 0 Å². The number of carbonyl (C=O) groups is 1. The van der Waals surface area contributed by atoms with Crippen LogP contribution in [-0.4, -0.2) is 43.6 Å². The van der Waals surface area contributed by atoms with Gasteiger partial charge in [-0.2, -0.15) is 0 Å². The molecule has 2 saturated heterocycles. The van der Waals surface area contributed by atoms with Gasteiger partial charge < -0.3 is 4.90 Å². The van der Waals surface area contributed by atoms with Crippen LogP contribution in [0.15, 0.2) is 28.0 Å². The molecule has 4 heterocycles. The zero-order chi connectivity index (χ0) is 23.2. The van der Waals surface area contributed by atoms with E-state index in [1.165, 1.54) is 11.8 Å². The number of fused-ring (bicyclic) bond motifs is 1. The van der Waals surface area contributed by atoms with Gasteiger partial charge in [0, 0.05) is 25.3 Å². The number of amides is 1. The smallest absolute Gasteiger partial charge is 0.267 e. The summed E-state index contributed by atoms with van der Waals surface area (Å²) in [6, 6.07) is 3.84. The van der Waals surface area contributed by atoms with Gasteiger partial charge in [-0.05, 0) is 56.2 Å². The van der Waals surface area contributed by atoms with Crippen LogP contribution >= 0.6 is 24.0 Å². The van der Waals surface area contributed by atoms with Crippen molar-refractivity contribution in [2.75, 3.05) is 18.0 Å². The third-order valence-corrected chi connectivity index (χ3v) is 7.69. The summed E-state index contributed by atoms with van der Waals surface area (Å²) in [5.74, 6) is 1.55. The van der Waals surface area contributed by atoms with Gasteiger partial charge in [-0.15, -0.1) is 0 Å². The molecule has 0 unspecified atom stereocenters. The van der Waals surface area contributed by atoms with E-state index in [4.69, 9.17) is 17.2 Å². The Kier molecular flexibility index (Phi) is 6.45. The van der Waals surface area contributed by atoms with E-state index in [0.717, 1.165) is 31.5 Å². The number of hydrogen-bond donors (Lipinski definition) is 0. The molecule has 0 aromatic carbocycles. The molecular formula is C24H30N4O2S2. The van der Waals surface area contributed by atoms with Gasteiger partial charge in [0.05, 0.1) is 10.5 Å². The predicted molar refractivity (Wildman–Crippen MR) is 136 cm³/mol. The molecule has 6 nitrogen and oxygen atoms in total. The molecule has 0 N–H and O–H groups in total. The van der Waals surface area contributed by atoms with Crippen LogP contribution in [0.25, 0.3) is 11.7 Å². The second-order valence-corrected chi connectivity index (χ2v) is 10.9. The molecule has 0 saturated carbocycles. The first-order valence-corrected chi connectivity index (χ1v) is 12.5. The average molecular weight is 471 g/mol. The SMILES string of the molecule is CC[C@H](C)N1C(=O)/C(=C\c2c(N3C[C@H](C)C[C@@H](C)C3)nc3c(C)cccn3c2=O)SC1=S. The van der Waals surface area contributed by atoms with E-state index in [1.807, 2.05) is 32.9 Å². The second-order valence-electron chi connectivity index (χ2n) is 9.20. The molecule has 2 fully saturated rings. The minimum atomic E-state index is -0.159. The monoisotopic (exact) mass is 470 g/mol. The fourth-order valence-corrected chi connectivity index (χ4v) is 6.12. The highest BCUT2D eigenvalue weighted by Gasteiger charge is 2.35. The van der Waals surface area contributed by atoms with Crippen LogP contribution in [0.3, 0.4) is 0 Å². The third-order valence-electron chi connectivity index (χ3n) is 6.36. The molecule has 3 atom stereocenters. The molecule has 2 aliphatic heterocycles. The first kappa shape index (κ1) is 23.0. The Labute approximate surface area is 198 Å². The van der Waals surface area contributed by atoms with Crippen molar-refractivity contribution >= 4 is 51.7 Å². The van der Waals surface area contributed by atoms with E-state index < -0.39 is 0 Å². The molecule has 2 aromatic heterocycles. The van der Waals surface area contributed by atoms with Crippen molar-refractivity contribution in [1.82, 2.24) is 14.3 Å². The highest BCUT2D eigenvalue weighted by atomic mass is 32.2. The third kappa shape index (κ3) is 4.10. The van der Waals surface area contributed by atoms with Gasteiger partial charge in [0.1, 0.15) is 15.8 Å². The number of pyridine rings is 1. The zero-order valence-electron chi connectivity index (χ0n) is 19.3. The number of aromatic nitrogens is 2. The van der Waals surface area contributed by atoms with Gasteiger partial charge in [0.15, 0.2) is 0 Å². The van der Waals surface area contributed by atoms with Crippen molar-refractivity contribution in [3.63, 3.8) is 0 Å². The Hall–Kier alpha value is -2.19. The number of rotatable bonds is 4. The minimum absolute atomic E-state index is 0.0233. The highest BCUT2D eigenvalue weighted by Crippen LogP contribution is 2.36. The van der Waals surface area contributed by atoms with Crippen molar-refractivity contribution in [2.45, 2.75) is 53.5 Å². The first-order valence-electron chi connectivity index (χ1n) is 11.2. The maximum Gasteiger partial charge on any atom is 0.267 e.